The number of carbonyl (C=O) groups excluding carboxylic acids is 1. The van der Waals surface area contributed by atoms with Gasteiger partial charge in [-0.25, -0.2) is 0 Å². The number of rotatable bonds is 5. The van der Waals surface area contributed by atoms with E-state index in [1.54, 1.807) is 6.92 Å². The highest BCUT2D eigenvalue weighted by Crippen LogP contribution is 2.24. The number of ether oxygens (including phenoxy) is 1. The van der Waals surface area contributed by atoms with Crippen LogP contribution < -0.4 is 4.74 Å². The van der Waals surface area contributed by atoms with Crippen LogP contribution in [0.4, 0.5) is 0 Å². The average Bonchev–Trinajstić information content (AvgIpc) is 2.84. The Labute approximate surface area is 109 Å². The molecule has 0 amide bonds. The third-order valence-corrected chi connectivity index (χ3v) is 3.36. The van der Waals surface area contributed by atoms with E-state index in [0.29, 0.717) is 6.61 Å². The average molecular weight is 247 g/mol. The number of nitrogens with zero attached hydrogens (tertiary/aromatic N) is 1. The minimum atomic E-state index is 0.112. The summed E-state index contributed by atoms with van der Waals surface area (Å²) < 4.78 is 5.64. The van der Waals surface area contributed by atoms with E-state index in [1.807, 2.05) is 25.1 Å². The van der Waals surface area contributed by atoms with Crippen LogP contribution in [0.3, 0.4) is 0 Å². The maximum absolute atomic E-state index is 11.4. The molecular formula is C15H21NO2. The fraction of sp³-hybridized carbons (Fsp3) is 0.533. The van der Waals surface area contributed by atoms with Crippen molar-refractivity contribution in [3.05, 3.63) is 29.3 Å². The van der Waals surface area contributed by atoms with Crippen molar-refractivity contribution in [1.82, 2.24) is 4.90 Å². The van der Waals surface area contributed by atoms with Crippen LogP contribution in [0.5, 0.6) is 5.75 Å². The van der Waals surface area contributed by atoms with Gasteiger partial charge in [0.05, 0.1) is 6.61 Å². The van der Waals surface area contributed by atoms with Gasteiger partial charge in [0, 0.05) is 17.7 Å². The third-order valence-electron chi connectivity index (χ3n) is 3.36. The molecule has 1 fully saturated rings. The molecular weight excluding hydrogens is 226 g/mol. The first-order valence-corrected chi connectivity index (χ1v) is 6.69. The summed E-state index contributed by atoms with van der Waals surface area (Å²) in [4.78, 5) is 13.9. The highest BCUT2D eigenvalue weighted by atomic mass is 16.5. The highest BCUT2D eigenvalue weighted by molar-refractivity contribution is 5.94. The largest absolute Gasteiger partial charge is 0.494 e. The van der Waals surface area contributed by atoms with Gasteiger partial charge in [-0.15, -0.1) is 0 Å². The Hall–Kier alpha value is -1.35. The molecule has 0 saturated carbocycles. The molecule has 0 aromatic heterocycles. The fourth-order valence-electron chi connectivity index (χ4n) is 2.40. The molecule has 1 aliphatic rings. The van der Waals surface area contributed by atoms with E-state index in [-0.39, 0.29) is 5.78 Å². The minimum absolute atomic E-state index is 0.112. The van der Waals surface area contributed by atoms with E-state index in [4.69, 9.17) is 4.74 Å². The van der Waals surface area contributed by atoms with Crippen molar-refractivity contribution in [1.29, 1.82) is 0 Å². The summed E-state index contributed by atoms with van der Waals surface area (Å²) in [6.07, 6.45) is 2.55. The molecule has 0 aliphatic carbocycles. The zero-order chi connectivity index (χ0) is 13.0. The van der Waals surface area contributed by atoms with Gasteiger partial charge >= 0.3 is 0 Å². The van der Waals surface area contributed by atoms with Crippen LogP contribution >= 0.6 is 0 Å². The summed E-state index contributed by atoms with van der Waals surface area (Å²) in [5.41, 5.74) is 1.90. The van der Waals surface area contributed by atoms with E-state index in [0.717, 1.165) is 36.5 Å². The zero-order valence-electron chi connectivity index (χ0n) is 11.2. The standard InChI is InChI=1S/C15H21NO2/c1-3-18-15-7-6-13(12(2)17)10-14(15)11-16-8-4-5-9-16/h6-7,10H,3-5,8-9,11H2,1-2H3. The zero-order valence-corrected chi connectivity index (χ0v) is 11.2. The first-order chi connectivity index (χ1) is 8.70. The molecule has 3 heteroatoms. The number of ketones is 1. The van der Waals surface area contributed by atoms with Crippen LogP contribution in [0.15, 0.2) is 18.2 Å². The summed E-state index contributed by atoms with van der Waals surface area (Å²) in [7, 11) is 0. The van der Waals surface area contributed by atoms with E-state index in [2.05, 4.69) is 4.90 Å². The Balaban J connectivity index is 2.21. The van der Waals surface area contributed by atoms with E-state index in [9.17, 15) is 4.79 Å². The predicted octanol–water partition coefficient (Wildman–Crippen LogP) is 2.88. The van der Waals surface area contributed by atoms with Crippen molar-refractivity contribution in [3.8, 4) is 5.75 Å². The second-order valence-corrected chi connectivity index (χ2v) is 4.79. The van der Waals surface area contributed by atoms with Crippen molar-refractivity contribution in [2.75, 3.05) is 19.7 Å². The summed E-state index contributed by atoms with van der Waals surface area (Å²) in [6, 6.07) is 5.75. The van der Waals surface area contributed by atoms with Gasteiger partial charge in [0.25, 0.3) is 0 Å². The molecule has 3 nitrogen and oxygen atoms in total. The fourth-order valence-corrected chi connectivity index (χ4v) is 2.40. The molecule has 0 bridgehead atoms. The number of likely N-dealkylation sites (tertiary alicyclic amines) is 1. The normalized spacial score (nSPS) is 15.9. The van der Waals surface area contributed by atoms with Gasteiger partial charge in [-0.1, -0.05) is 0 Å². The van der Waals surface area contributed by atoms with E-state index < -0.39 is 0 Å². The van der Waals surface area contributed by atoms with Gasteiger partial charge in [0.15, 0.2) is 5.78 Å². The van der Waals surface area contributed by atoms with Gasteiger partial charge in [-0.05, 0) is 58.0 Å². The molecule has 0 N–H and O–H groups in total. The minimum Gasteiger partial charge on any atom is -0.494 e. The van der Waals surface area contributed by atoms with Crippen molar-refractivity contribution >= 4 is 5.78 Å². The summed E-state index contributed by atoms with van der Waals surface area (Å²) in [6.45, 7) is 7.43. The molecule has 0 unspecified atom stereocenters. The molecule has 1 heterocycles. The van der Waals surface area contributed by atoms with Crippen LogP contribution in [0.2, 0.25) is 0 Å². The predicted molar refractivity (Wildman–Crippen MR) is 72.1 cm³/mol. The van der Waals surface area contributed by atoms with Crippen LogP contribution in [0.25, 0.3) is 0 Å². The Bertz CT molecular complexity index is 423. The molecule has 1 saturated heterocycles. The summed E-state index contributed by atoms with van der Waals surface area (Å²) in [5.74, 6) is 1.02. The second-order valence-electron chi connectivity index (χ2n) is 4.79. The molecule has 0 atom stereocenters. The molecule has 1 aromatic rings. The van der Waals surface area contributed by atoms with Crippen LogP contribution in [0.1, 0.15) is 42.6 Å². The Morgan fingerprint density at radius 3 is 2.67 bits per heavy atom. The van der Waals surface area contributed by atoms with Gasteiger partial charge < -0.3 is 4.74 Å². The van der Waals surface area contributed by atoms with Crippen LogP contribution in [-0.4, -0.2) is 30.4 Å². The monoisotopic (exact) mass is 247 g/mol. The van der Waals surface area contributed by atoms with Crippen molar-refractivity contribution < 1.29 is 9.53 Å². The van der Waals surface area contributed by atoms with Crippen molar-refractivity contribution in [2.45, 2.75) is 33.2 Å². The van der Waals surface area contributed by atoms with Gasteiger partial charge in [0.1, 0.15) is 5.75 Å². The van der Waals surface area contributed by atoms with E-state index >= 15 is 0 Å². The lowest BCUT2D eigenvalue weighted by atomic mass is 10.1. The van der Waals surface area contributed by atoms with Crippen molar-refractivity contribution in [2.24, 2.45) is 0 Å². The smallest absolute Gasteiger partial charge is 0.159 e. The molecule has 1 aliphatic heterocycles. The van der Waals surface area contributed by atoms with E-state index in [1.165, 1.54) is 12.8 Å². The molecule has 0 spiro atoms. The lowest BCUT2D eigenvalue weighted by molar-refractivity contribution is 0.101. The quantitative estimate of drug-likeness (QED) is 0.749. The number of benzene rings is 1. The maximum atomic E-state index is 11.4. The molecule has 0 radical (unpaired) electrons. The Morgan fingerprint density at radius 1 is 1.33 bits per heavy atom. The number of hydrogen-bond donors (Lipinski definition) is 0. The first kappa shape index (κ1) is 13.1. The third kappa shape index (κ3) is 3.10. The van der Waals surface area contributed by atoms with Gasteiger partial charge in [-0.2, -0.15) is 0 Å². The van der Waals surface area contributed by atoms with Crippen LogP contribution in [-0.2, 0) is 6.54 Å². The Kier molecular flexibility index (Phi) is 4.37. The van der Waals surface area contributed by atoms with Crippen molar-refractivity contribution in [3.63, 3.8) is 0 Å². The van der Waals surface area contributed by atoms with Gasteiger partial charge in [-0.3, -0.25) is 9.69 Å². The summed E-state index contributed by atoms with van der Waals surface area (Å²) >= 11 is 0. The lowest BCUT2D eigenvalue weighted by Gasteiger charge is -2.18. The number of carbonyl (C=O) groups is 1. The molecule has 1 aromatic carbocycles. The SMILES string of the molecule is CCOc1ccc(C(C)=O)cc1CN1CCCC1. The highest BCUT2D eigenvalue weighted by Gasteiger charge is 2.15. The lowest BCUT2D eigenvalue weighted by Crippen LogP contribution is -2.19. The summed E-state index contributed by atoms with van der Waals surface area (Å²) in [5, 5.41) is 0. The first-order valence-electron chi connectivity index (χ1n) is 6.69. The Morgan fingerprint density at radius 2 is 2.06 bits per heavy atom. The van der Waals surface area contributed by atoms with Crippen LogP contribution in [0, 0.1) is 0 Å². The maximum Gasteiger partial charge on any atom is 0.159 e. The number of Topliss-reactive ketones (excluding diaryl/α,β-unsaturated/α-hetero) is 1. The second kappa shape index (κ2) is 6.01. The number of hydrogen-bond acceptors (Lipinski definition) is 3. The molecule has 18 heavy (non-hydrogen) atoms. The molecule has 2 rings (SSSR count). The topological polar surface area (TPSA) is 29.5 Å². The molecule has 98 valence electrons. The van der Waals surface area contributed by atoms with Gasteiger partial charge in [0.2, 0.25) is 0 Å².